The van der Waals surface area contributed by atoms with Gasteiger partial charge < -0.3 is 20.1 Å². The zero-order valence-corrected chi connectivity index (χ0v) is 13.6. The molecule has 1 saturated carbocycles. The number of aliphatic hydroxyl groups excluding tert-OH is 1. The van der Waals surface area contributed by atoms with Crippen molar-refractivity contribution in [3.8, 4) is 0 Å². The maximum atomic E-state index is 9.92. The van der Waals surface area contributed by atoms with Crippen LogP contribution in [0.2, 0.25) is 0 Å². The first-order valence-electron chi connectivity index (χ1n) is 8.53. The van der Waals surface area contributed by atoms with Crippen molar-refractivity contribution in [1.82, 2.24) is 10.2 Å². The molecule has 2 aliphatic rings. The molecule has 1 saturated heterocycles. The first kappa shape index (κ1) is 16.6. The highest BCUT2D eigenvalue weighted by Gasteiger charge is 2.27. The van der Waals surface area contributed by atoms with Crippen molar-refractivity contribution < 1.29 is 9.84 Å². The molecule has 0 spiro atoms. The van der Waals surface area contributed by atoms with E-state index in [0.29, 0.717) is 11.8 Å². The molecule has 1 aliphatic carbocycles. The summed E-state index contributed by atoms with van der Waals surface area (Å²) in [5.41, 5.74) is 0. The van der Waals surface area contributed by atoms with Crippen LogP contribution in [0.15, 0.2) is 4.99 Å². The maximum Gasteiger partial charge on any atom is 0.193 e. The molecule has 2 rings (SSSR count). The lowest BCUT2D eigenvalue weighted by Crippen LogP contribution is -2.40. The standard InChI is InChI=1S/C16H31N3O2/c1-3-17-16(18-10-14-6-5-7-15(14)20)19-9-8-13(11-19)12-21-4-2/h13-15,20H,3-12H2,1-2H3,(H,17,18). The number of nitrogens with zero attached hydrogens (tertiary/aromatic N) is 2. The second-order valence-corrected chi connectivity index (χ2v) is 6.21. The molecule has 5 nitrogen and oxygen atoms in total. The molecule has 0 aromatic heterocycles. The summed E-state index contributed by atoms with van der Waals surface area (Å²) in [6, 6.07) is 0. The minimum atomic E-state index is -0.152. The summed E-state index contributed by atoms with van der Waals surface area (Å²) in [7, 11) is 0. The third-order valence-corrected chi connectivity index (χ3v) is 4.57. The number of aliphatic hydroxyl groups is 1. The normalized spacial score (nSPS) is 30.1. The molecule has 3 atom stereocenters. The zero-order chi connectivity index (χ0) is 15.1. The Morgan fingerprint density at radius 3 is 2.86 bits per heavy atom. The van der Waals surface area contributed by atoms with Crippen molar-refractivity contribution in [2.45, 2.75) is 45.6 Å². The lowest BCUT2D eigenvalue weighted by molar-refractivity contribution is 0.114. The Labute approximate surface area is 128 Å². The van der Waals surface area contributed by atoms with E-state index in [4.69, 9.17) is 9.73 Å². The van der Waals surface area contributed by atoms with Crippen molar-refractivity contribution in [3.05, 3.63) is 0 Å². The molecule has 0 amide bonds. The van der Waals surface area contributed by atoms with E-state index in [0.717, 1.165) is 64.6 Å². The van der Waals surface area contributed by atoms with Gasteiger partial charge >= 0.3 is 0 Å². The summed E-state index contributed by atoms with van der Waals surface area (Å²) in [4.78, 5) is 7.12. The highest BCUT2D eigenvalue weighted by Crippen LogP contribution is 2.26. The Kier molecular flexibility index (Phi) is 6.77. The van der Waals surface area contributed by atoms with Crippen LogP contribution in [0.25, 0.3) is 0 Å². The van der Waals surface area contributed by atoms with E-state index in [2.05, 4.69) is 17.1 Å². The number of hydrogen-bond acceptors (Lipinski definition) is 3. The number of nitrogens with one attached hydrogen (secondary N) is 1. The van der Waals surface area contributed by atoms with Gasteiger partial charge in [-0.1, -0.05) is 6.42 Å². The van der Waals surface area contributed by atoms with Crippen LogP contribution in [-0.4, -0.2) is 61.5 Å². The van der Waals surface area contributed by atoms with Gasteiger partial charge in [-0.3, -0.25) is 4.99 Å². The van der Waals surface area contributed by atoms with Crippen molar-refractivity contribution in [2.24, 2.45) is 16.8 Å². The lowest BCUT2D eigenvalue weighted by Gasteiger charge is -2.22. The van der Waals surface area contributed by atoms with Crippen LogP contribution in [0.3, 0.4) is 0 Å². The Balaban J connectivity index is 1.86. The Morgan fingerprint density at radius 1 is 1.33 bits per heavy atom. The molecule has 2 fully saturated rings. The molecule has 3 unspecified atom stereocenters. The quantitative estimate of drug-likeness (QED) is 0.576. The monoisotopic (exact) mass is 297 g/mol. The van der Waals surface area contributed by atoms with Gasteiger partial charge in [0.1, 0.15) is 0 Å². The smallest absolute Gasteiger partial charge is 0.193 e. The number of aliphatic imine (C=N–C) groups is 1. The second kappa shape index (κ2) is 8.59. The highest BCUT2D eigenvalue weighted by molar-refractivity contribution is 5.80. The van der Waals surface area contributed by atoms with Gasteiger partial charge in [0, 0.05) is 44.6 Å². The third-order valence-electron chi connectivity index (χ3n) is 4.57. The maximum absolute atomic E-state index is 9.92. The van der Waals surface area contributed by atoms with Gasteiger partial charge in [0.15, 0.2) is 5.96 Å². The first-order chi connectivity index (χ1) is 10.2. The molecule has 122 valence electrons. The summed E-state index contributed by atoms with van der Waals surface area (Å²) in [6.45, 7) is 9.52. The van der Waals surface area contributed by atoms with Crippen LogP contribution >= 0.6 is 0 Å². The highest BCUT2D eigenvalue weighted by atomic mass is 16.5. The van der Waals surface area contributed by atoms with Crippen molar-refractivity contribution in [1.29, 1.82) is 0 Å². The van der Waals surface area contributed by atoms with E-state index in [1.165, 1.54) is 6.42 Å². The second-order valence-electron chi connectivity index (χ2n) is 6.21. The topological polar surface area (TPSA) is 57.1 Å². The van der Waals surface area contributed by atoms with E-state index < -0.39 is 0 Å². The predicted molar refractivity (Wildman–Crippen MR) is 85.5 cm³/mol. The number of likely N-dealkylation sites (tertiary alicyclic amines) is 1. The largest absolute Gasteiger partial charge is 0.393 e. The lowest BCUT2D eigenvalue weighted by atomic mass is 10.1. The minimum Gasteiger partial charge on any atom is -0.393 e. The Bertz CT molecular complexity index is 335. The van der Waals surface area contributed by atoms with E-state index in [1.54, 1.807) is 0 Å². The molecule has 0 aromatic rings. The summed E-state index contributed by atoms with van der Waals surface area (Å²) in [5.74, 6) is 1.97. The van der Waals surface area contributed by atoms with Gasteiger partial charge in [0.25, 0.3) is 0 Å². The van der Waals surface area contributed by atoms with Gasteiger partial charge in [-0.05, 0) is 33.1 Å². The molecule has 0 aromatic carbocycles. The third kappa shape index (κ3) is 4.85. The number of rotatable bonds is 6. The van der Waals surface area contributed by atoms with Crippen molar-refractivity contribution in [3.63, 3.8) is 0 Å². The van der Waals surface area contributed by atoms with E-state index in [9.17, 15) is 5.11 Å². The number of guanidine groups is 1. The van der Waals surface area contributed by atoms with Crippen LogP contribution in [0.1, 0.15) is 39.5 Å². The molecular formula is C16H31N3O2. The van der Waals surface area contributed by atoms with Gasteiger partial charge in [-0.25, -0.2) is 0 Å². The predicted octanol–water partition coefficient (Wildman–Crippen LogP) is 1.47. The molecule has 21 heavy (non-hydrogen) atoms. The fraction of sp³-hybridized carbons (Fsp3) is 0.938. The summed E-state index contributed by atoms with van der Waals surface area (Å²) in [6.07, 6.45) is 4.21. The molecule has 2 N–H and O–H groups in total. The molecule has 0 radical (unpaired) electrons. The SMILES string of the molecule is CCNC(=NCC1CCCC1O)N1CCC(COCC)C1. The average Bonchev–Trinajstić information content (AvgIpc) is 3.10. The Morgan fingerprint density at radius 2 is 2.19 bits per heavy atom. The molecule has 5 heteroatoms. The fourth-order valence-electron chi connectivity index (χ4n) is 3.31. The van der Waals surface area contributed by atoms with Gasteiger partial charge in [-0.15, -0.1) is 0 Å². The van der Waals surface area contributed by atoms with E-state index in [-0.39, 0.29) is 6.10 Å². The number of hydrogen-bond donors (Lipinski definition) is 2. The molecule has 1 heterocycles. The average molecular weight is 297 g/mol. The van der Waals surface area contributed by atoms with Crippen LogP contribution in [0.4, 0.5) is 0 Å². The van der Waals surface area contributed by atoms with E-state index >= 15 is 0 Å². The number of ether oxygens (including phenoxy) is 1. The van der Waals surface area contributed by atoms with Gasteiger partial charge in [-0.2, -0.15) is 0 Å². The van der Waals surface area contributed by atoms with Gasteiger partial charge in [0.05, 0.1) is 12.7 Å². The van der Waals surface area contributed by atoms with Gasteiger partial charge in [0.2, 0.25) is 0 Å². The minimum absolute atomic E-state index is 0.152. The molecular weight excluding hydrogens is 266 g/mol. The summed E-state index contributed by atoms with van der Waals surface area (Å²) >= 11 is 0. The van der Waals surface area contributed by atoms with Crippen LogP contribution in [0.5, 0.6) is 0 Å². The van der Waals surface area contributed by atoms with Crippen LogP contribution < -0.4 is 5.32 Å². The van der Waals surface area contributed by atoms with Crippen LogP contribution in [-0.2, 0) is 4.74 Å². The summed E-state index contributed by atoms with van der Waals surface area (Å²) in [5, 5.41) is 13.3. The van der Waals surface area contributed by atoms with Crippen molar-refractivity contribution in [2.75, 3.05) is 39.4 Å². The van der Waals surface area contributed by atoms with Crippen molar-refractivity contribution >= 4 is 5.96 Å². The molecule has 0 bridgehead atoms. The van der Waals surface area contributed by atoms with Crippen LogP contribution in [0, 0.1) is 11.8 Å². The molecule has 1 aliphatic heterocycles. The zero-order valence-electron chi connectivity index (χ0n) is 13.6. The summed E-state index contributed by atoms with van der Waals surface area (Å²) < 4.78 is 5.54. The Hall–Kier alpha value is -0.810. The van der Waals surface area contributed by atoms with E-state index in [1.807, 2.05) is 6.92 Å². The first-order valence-corrected chi connectivity index (χ1v) is 8.53. The fourth-order valence-corrected chi connectivity index (χ4v) is 3.31.